The lowest BCUT2D eigenvalue weighted by Gasteiger charge is -2.28. The third-order valence-electron chi connectivity index (χ3n) is 3.75. The number of carbonyl (C=O) groups is 1. The zero-order valence-electron chi connectivity index (χ0n) is 12.9. The van der Waals surface area contributed by atoms with Gasteiger partial charge in [-0.25, -0.2) is 4.79 Å². The summed E-state index contributed by atoms with van der Waals surface area (Å²) in [4.78, 5) is 12.2. The summed E-state index contributed by atoms with van der Waals surface area (Å²) >= 11 is 0. The molecular formula is C17H21NO3. The van der Waals surface area contributed by atoms with Crippen molar-refractivity contribution in [2.45, 2.75) is 19.4 Å². The molecule has 0 fully saturated rings. The Hall–Kier alpha value is -2.07. The van der Waals surface area contributed by atoms with E-state index >= 15 is 0 Å². The van der Waals surface area contributed by atoms with Crippen LogP contribution in [-0.4, -0.2) is 26.7 Å². The van der Waals surface area contributed by atoms with Crippen molar-refractivity contribution in [2.75, 3.05) is 20.8 Å². The molecule has 2 aromatic carbocycles. The summed E-state index contributed by atoms with van der Waals surface area (Å²) in [6.45, 7) is 4.48. The molecule has 0 aliphatic heterocycles. The summed E-state index contributed by atoms with van der Waals surface area (Å²) in [7, 11) is 3.05. The molecule has 21 heavy (non-hydrogen) atoms. The highest BCUT2D eigenvalue weighted by atomic mass is 16.5. The van der Waals surface area contributed by atoms with Crippen LogP contribution in [0.4, 0.5) is 0 Å². The quantitative estimate of drug-likeness (QED) is 0.859. The normalized spacial score (nSPS) is 13.7. The second-order valence-corrected chi connectivity index (χ2v) is 5.07. The Bertz CT molecular complexity index is 654. The number of rotatable bonds is 5. The fraction of sp³-hybridized carbons (Fsp3) is 0.353. The van der Waals surface area contributed by atoms with Crippen molar-refractivity contribution >= 4 is 16.7 Å². The van der Waals surface area contributed by atoms with E-state index in [9.17, 15) is 4.79 Å². The van der Waals surface area contributed by atoms with Gasteiger partial charge in [-0.1, -0.05) is 25.1 Å². The fourth-order valence-electron chi connectivity index (χ4n) is 2.51. The van der Waals surface area contributed by atoms with E-state index in [0.29, 0.717) is 6.54 Å². The summed E-state index contributed by atoms with van der Waals surface area (Å²) in [6, 6.07) is 11.8. The van der Waals surface area contributed by atoms with E-state index in [1.807, 2.05) is 50.2 Å². The molecule has 4 heteroatoms. The van der Waals surface area contributed by atoms with Crippen LogP contribution < -0.4 is 10.1 Å². The molecule has 0 amide bonds. The molecular weight excluding hydrogens is 266 g/mol. The van der Waals surface area contributed by atoms with Crippen molar-refractivity contribution in [3.63, 3.8) is 0 Å². The van der Waals surface area contributed by atoms with Gasteiger partial charge in [0.15, 0.2) is 0 Å². The zero-order valence-corrected chi connectivity index (χ0v) is 12.9. The number of esters is 1. The molecule has 2 aromatic rings. The predicted molar refractivity (Wildman–Crippen MR) is 83.5 cm³/mol. The van der Waals surface area contributed by atoms with Crippen molar-refractivity contribution in [1.82, 2.24) is 5.32 Å². The Morgan fingerprint density at radius 1 is 1.14 bits per heavy atom. The van der Waals surface area contributed by atoms with Crippen LogP contribution in [-0.2, 0) is 15.1 Å². The summed E-state index contributed by atoms with van der Waals surface area (Å²) in [5.74, 6) is 0.523. The van der Waals surface area contributed by atoms with E-state index in [2.05, 4.69) is 5.32 Å². The smallest absolute Gasteiger partial charge is 0.330 e. The van der Waals surface area contributed by atoms with E-state index in [-0.39, 0.29) is 5.97 Å². The standard InChI is InChI=1S/C17H21NO3/c1-5-18-17(2,16(19)21-4)14-8-6-13-11-15(20-3)9-7-12(13)10-14/h6-11,18H,5H2,1-4H3. The second-order valence-electron chi connectivity index (χ2n) is 5.07. The van der Waals surface area contributed by atoms with Crippen LogP contribution in [0.15, 0.2) is 36.4 Å². The van der Waals surface area contributed by atoms with Crippen molar-refractivity contribution in [3.05, 3.63) is 42.0 Å². The van der Waals surface area contributed by atoms with E-state index < -0.39 is 5.54 Å². The number of fused-ring (bicyclic) bond motifs is 1. The predicted octanol–water partition coefficient (Wildman–Crippen LogP) is 2.85. The second kappa shape index (κ2) is 6.14. The van der Waals surface area contributed by atoms with Crippen LogP contribution >= 0.6 is 0 Å². The van der Waals surface area contributed by atoms with Gasteiger partial charge >= 0.3 is 5.97 Å². The van der Waals surface area contributed by atoms with Gasteiger partial charge in [0.2, 0.25) is 0 Å². The molecule has 112 valence electrons. The Morgan fingerprint density at radius 2 is 1.81 bits per heavy atom. The van der Waals surface area contributed by atoms with Crippen LogP contribution in [0.3, 0.4) is 0 Å². The topological polar surface area (TPSA) is 47.6 Å². The highest BCUT2D eigenvalue weighted by Gasteiger charge is 2.35. The summed E-state index contributed by atoms with van der Waals surface area (Å²) in [5, 5.41) is 5.34. The lowest BCUT2D eigenvalue weighted by molar-refractivity contribution is -0.148. The van der Waals surface area contributed by atoms with E-state index in [0.717, 1.165) is 22.1 Å². The maximum absolute atomic E-state index is 12.2. The first kappa shape index (κ1) is 15.3. The fourth-order valence-corrected chi connectivity index (χ4v) is 2.51. The highest BCUT2D eigenvalue weighted by Crippen LogP contribution is 2.28. The molecule has 0 saturated carbocycles. The first-order chi connectivity index (χ1) is 10.0. The van der Waals surface area contributed by atoms with Crippen LogP contribution in [0.25, 0.3) is 10.8 Å². The van der Waals surface area contributed by atoms with E-state index in [1.165, 1.54) is 7.11 Å². The Balaban J connectivity index is 2.51. The van der Waals surface area contributed by atoms with Gasteiger partial charge in [-0.15, -0.1) is 0 Å². The van der Waals surface area contributed by atoms with Gasteiger partial charge in [0.25, 0.3) is 0 Å². The zero-order chi connectivity index (χ0) is 15.5. The summed E-state index contributed by atoms with van der Waals surface area (Å²) in [5.41, 5.74) is 0.0336. The van der Waals surface area contributed by atoms with Crippen molar-refractivity contribution in [1.29, 1.82) is 0 Å². The molecule has 0 aliphatic carbocycles. The van der Waals surface area contributed by atoms with E-state index in [4.69, 9.17) is 9.47 Å². The number of hydrogen-bond donors (Lipinski definition) is 1. The van der Waals surface area contributed by atoms with Crippen molar-refractivity contribution in [2.24, 2.45) is 0 Å². The minimum atomic E-state index is -0.850. The number of methoxy groups -OCH3 is 2. The molecule has 0 aliphatic rings. The maximum atomic E-state index is 12.2. The van der Waals surface area contributed by atoms with Crippen LogP contribution in [0.5, 0.6) is 5.75 Å². The van der Waals surface area contributed by atoms with Crippen molar-refractivity contribution in [3.8, 4) is 5.75 Å². The molecule has 0 aromatic heterocycles. The lowest BCUT2D eigenvalue weighted by Crippen LogP contribution is -2.47. The number of hydrogen-bond acceptors (Lipinski definition) is 4. The average Bonchev–Trinajstić information content (AvgIpc) is 2.53. The number of carbonyl (C=O) groups excluding carboxylic acids is 1. The Morgan fingerprint density at radius 3 is 2.43 bits per heavy atom. The van der Waals surface area contributed by atoms with Gasteiger partial charge in [-0.3, -0.25) is 5.32 Å². The number of benzene rings is 2. The van der Waals surface area contributed by atoms with Gasteiger partial charge in [-0.05, 0) is 48.0 Å². The minimum Gasteiger partial charge on any atom is -0.497 e. The molecule has 0 radical (unpaired) electrons. The third kappa shape index (κ3) is 2.85. The van der Waals surface area contributed by atoms with Gasteiger partial charge in [0.05, 0.1) is 14.2 Å². The lowest BCUT2D eigenvalue weighted by atomic mass is 9.90. The third-order valence-corrected chi connectivity index (χ3v) is 3.75. The molecule has 0 bridgehead atoms. The first-order valence-corrected chi connectivity index (χ1v) is 6.97. The molecule has 2 rings (SSSR count). The van der Waals surface area contributed by atoms with Gasteiger partial charge in [-0.2, -0.15) is 0 Å². The molecule has 0 heterocycles. The molecule has 4 nitrogen and oxygen atoms in total. The number of likely N-dealkylation sites (N-methyl/N-ethyl adjacent to an activating group) is 1. The van der Waals surface area contributed by atoms with E-state index in [1.54, 1.807) is 7.11 Å². The number of ether oxygens (including phenoxy) is 2. The molecule has 0 spiro atoms. The highest BCUT2D eigenvalue weighted by molar-refractivity contribution is 5.88. The Kier molecular flexibility index (Phi) is 4.48. The van der Waals surface area contributed by atoms with Crippen LogP contribution in [0.1, 0.15) is 19.4 Å². The largest absolute Gasteiger partial charge is 0.497 e. The summed E-state index contributed by atoms with van der Waals surface area (Å²) < 4.78 is 10.2. The average molecular weight is 287 g/mol. The Labute approximate surface area is 125 Å². The number of nitrogens with one attached hydrogen (secondary N) is 1. The van der Waals surface area contributed by atoms with Crippen LogP contribution in [0, 0.1) is 0 Å². The van der Waals surface area contributed by atoms with Crippen LogP contribution in [0.2, 0.25) is 0 Å². The molecule has 1 unspecified atom stereocenters. The van der Waals surface area contributed by atoms with Gasteiger partial charge < -0.3 is 9.47 Å². The van der Waals surface area contributed by atoms with Gasteiger partial charge in [0.1, 0.15) is 11.3 Å². The van der Waals surface area contributed by atoms with Crippen molar-refractivity contribution < 1.29 is 14.3 Å². The molecule has 1 N–H and O–H groups in total. The molecule has 1 atom stereocenters. The van der Waals surface area contributed by atoms with Gasteiger partial charge in [0, 0.05) is 0 Å². The summed E-state index contributed by atoms with van der Waals surface area (Å²) in [6.07, 6.45) is 0. The first-order valence-electron chi connectivity index (χ1n) is 6.97. The monoisotopic (exact) mass is 287 g/mol. The SMILES string of the molecule is CCNC(C)(C(=O)OC)c1ccc2cc(OC)ccc2c1. The molecule has 0 saturated heterocycles. The minimum absolute atomic E-state index is 0.294. The maximum Gasteiger partial charge on any atom is 0.330 e.